The number of halogens is 1. The van der Waals surface area contributed by atoms with E-state index in [4.69, 9.17) is 23.7 Å². The first-order valence-electron chi connectivity index (χ1n) is 6.22. The Morgan fingerprint density at radius 1 is 0.889 bits per heavy atom. The van der Waals surface area contributed by atoms with Crippen LogP contribution in [0.2, 0.25) is 0 Å². The van der Waals surface area contributed by atoms with Crippen LogP contribution in [-0.4, -0.2) is 70.9 Å². The fourth-order valence-corrected chi connectivity index (χ4v) is 2.53. The molecule has 3 atom stereocenters. The summed E-state index contributed by atoms with van der Waals surface area (Å²) in [6.45, 7) is 3.64. The van der Waals surface area contributed by atoms with Gasteiger partial charge in [-0.2, -0.15) is 0 Å². The predicted molar refractivity (Wildman–Crippen MR) is 71.4 cm³/mol. The summed E-state index contributed by atoms with van der Waals surface area (Å²) in [5, 5.41) is 0. The maximum atomic E-state index is 5.71. The second-order valence-corrected chi connectivity index (χ2v) is 5.27. The first kappa shape index (κ1) is 16.3. The van der Waals surface area contributed by atoms with Crippen molar-refractivity contribution in [1.82, 2.24) is 0 Å². The Labute approximate surface area is 117 Å². The second-order valence-electron chi connectivity index (χ2n) is 4.09. The van der Waals surface area contributed by atoms with E-state index in [9.17, 15) is 0 Å². The lowest BCUT2D eigenvalue weighted by atomic mass is 9.91. The van der Waals surface area contributed by atoms with Crippen molar-refractivity contribution in [2.45, 2.75) is 23.5 Å². The van der Waals surface area contributed by atoms with E-state index in [-0.39, 0.29) is 12.2 Å². The molecule has 108 valence electrons. The van der Waals surface area contributed by atoms with E-state index in [0.29, 0.717) is 44.5 Å². The summed E-state index contributed by atoms with van der Waals surface area (Å²) in [6.07, 6.45) is 1.27. The van der Waals surface area contributed by atoms with Crippen molar-refractivity contribution in [2.75, 3.05) is 53.9 Å². The topological polar surface area (TPSA) is 46.2 Å². The third-order valence-corrected chi connectivity index (χ3v) is 3.66. The quantitative estimate of drug-likeness (QED) is 0.422. The molecule has 0 bridgehead atoms. The molecule has 1 saturated carbocycles. The third-order valence-electron chi connectivity index (χ3n) is 2.77. The van der Waals surface area contributed by atoms with Crippen LogP contribution in [0, 0.1) is 0 Å². The molecule has 0 aliphatic heterocycles. The summed E-state index contributed by atoms with van der Waals surface area (Å²) in [5.74, 6) is 0. The average molecular weight is 327 g/mol. The molecule has 1 aliphatic carbocycles. The zero-order valence-electron chi connectivity index (χ0n) is 11.1. The van der Waals surface area contributed by atoms with Crippen LogP contribution < -0.4 is 0 Å². The first-order valence-corrected chi connectivity index (χ1v) is 7.14. The summed E-state index contributed by atoms with van der Waals surface area (Å²) in [5.41, 5.74) is 0. The predicted octanol–water partition coefficient (Wildman–Crippen LogP) is 1.23. The van der Waals surface area contributed by atoms with Gasteiger partial charge in [-0.1, -0.05) is 15.9 Å². The molecule has 0 N–H and O–H groups in total. The maximum absolute atomic E-state index is 5.71. The van der Waals surface area contributed by atoms with E-state index < -0.39 is 0 Å². The molecule has 1 rings (SSSR count). The molecule has 3 unspecified atom stereocenters. The van der Waals surface area contributed by atoms with Crippen LogP contribution in [0.1, 0.15) is 6.42 Å². The lowest BCUT2D eigenvalue weighted by Gasteiger charge is -2.40. The van der Waals surface area contributed by atoms with Crippen molar-refractivity contribution in [1.29, 1.82) is 0 Å². The van der Waals surface area contributed by atoms with Gasteiger partial charge < -0.3 is 23.7 Å². The van der Waals surface area contributed by atoms with Crippen molar-refractivity contribution in [2.24, 2.45) is 0 Å². The van der Waals surface area contributed by atoms with Gasteiger partial charge in [0.15, 0.2) is 0 Å². The lowest BCUT2D eigenvalue weighted by Crippen LogP contribution is -2.51. The van der Waals surface area contributed by atoms with Crippen LogP contribution in [0.4, 0.5) is 0 Å². The van der Waals surface area contributed by atoms with Crippen molar-refractivity contribution in [3.63, 3.8) is 0 Å². The summed E-state index contributed by atoms with van der Waals surface area (Å²) in [7, 11) is 3.33. The summed E-state index contributed by atoms with van der Waals surface area (Å²) < 4.78 is 26.6. The van der Waals surface area contributed by atoms with Gasteiger partial charge in [-0.15, -0.1) is 0 Å². The summed E-state index contributed by atoms with van der Waals surface area (Å²) >= 11 is 3.57. The highest BCUT2D eigenvalue weighted by Crippen LogP contribution is 2.33. The van der Waals surface area contributed by atoms with E-state index >= 15 is 0 Å². The molecule has 0 saturated heterocycles. The van der Waals surface area contributed by atoms with Gasteiger partial charge in [-0.3, -0.25) is 0 Å². The van der Waals surface area contributed by atoms with Crippen LogP contribution in [0.15, 0.2) is 0 Å². The Bertz CT molecular complexity index is 205. The number of alkyl halides is 1. The van der Waals surface area contributed by atoms with Gasteiger partial charge >= 0.3 is 0 Å². The number of hydrogen-bond acceptors (Lipinski definition) is 5. The number of methoxy groups -OCH3 is 2. The minimum Gasteiger partial charge on any atom is -0.382 e. The zero-order valence-corrected chi connectivity index (χ0v) is 12.7. The summed E-state index contributed by atoms with van der Waals surface area (Å²) in [4.78, 5) is 0.383. The van der Waals surface area contributed by atoms with Crippen molar-refractivity contribution in [3.8, 4) is 0 Å². The monoisotopic (exact) mass is 326 g/mol. The Morgan fingerprint density at radius 2 is 1.50 bits per heavy atom. The van der Waals surface area contributed by atoms with Crippen molar-refractivity contribution < 1.29 is 23.7 Å². The van der Waals surface area contributed by atoms with E-state index in [0.717, 1.165) is 6.42 Å². The highest BCUT2D eigenvalue weighted by Gasteiger charge is 2.41. The van der Waals surface area contributed by atoms with Crippen molar-refractivity contribution in [3.05, 3.63) is 0 Å². The van der Waals surface area contributed by atoms with E-state index in [1.54, 1.807) is 14.2 Å². The second kappa shape index (κ2) is 10.1. The van der Waals surface area contributed by atoms with E-state index in [2.05, 4.69) is 15.9 Å². The molecule has 1 fully saturated rings. The maximum Gasteiger partial charge on any atom is 0.0963 e. The van der Waals surface area contributed by atoms with Gasteiger partial charge in [-0.05, 0) is 6.42 Å². The molecule has 0 aromatic carbocycles. The molecule has 0 amide bonds. The van der Waals surface area contributed by atoms with Crippen LogP contribution >= 0.6 is 15.9 Å². The summed E-state index contributed by atoms with van der Waals surface area (Å²) in [6, 6.07) is 0. The third kappa shape index (κ3) is 5.95. The molecule has 1 aliphatic rings. The Hall–Kier alpha value is 0.280. The fraction of sp³-hybridized carbons (Fsp3) is 1.00. The molecular weight excluding hydrogens is 304 g/mol. The van der Waals surface area contributed by atoms with Gasteiger partial charge in [0.05, 0.1) is 51.8 Å². The minimum atomic E-state index is 0.124. The molecule has 0 spiro atoms. The number of rotatable bonds is 11. The smallest absolute Gasteiger partial charge is 0.0963 e. The van der Waals surface area contributed by atoms with E-state index in [1.165, 1.54) is 0 Å². The molecule has 18 heavy (non-hydrogen) atoms. The highest BCUT2D eigenvalue weighted by atomic mass is 79.9. The highest BCUT2D eigenvalue weighted by molar-refractivity contribution is 9.09. The lowest BCUT2D eigenvalue weighted by molar-refractivity contribution is -0.134. The van der Waals surface area contributed by atoms with Crippen molar-refractivity contribution >= 4 is 15.9 Å². The van der Waals surface area contributed by atoms with Gasteiger partial charge in [-0.25, -0.2) is 0 Å². The Morgan fingerprint density at radius 3 is 2.17 bits per heavy atom. The Kier molecular flexibility index (Phi) is 9.18. The molecule has 0 heterocycles. The Balaban J connectivity index is 2.00. The largest absolute Gasteiger partial charge is 0.382 e. The fourth-order valence-electron chi connectivity index (χ4n) is 1.67. The van der Waals surface area contributed by atoms with E-state index in [1.807, 2.05) is 0 Å². The zero-order chi connectivity index (χ0) is 13.2. The molecule has 0 radical (unpaired) electrons. The first-order chi connectivity index (χ1) is 8.79. The SMILES string of the molecule is COCCOCCOC1CC(Br)C1OCCOC. The number of hydrogen-bond donors (Lipinski definition) is 0. The molecular formula is C12H23BrO5. The van der Waals surface area contributed by atoms with Crippen LogP contribution in [0.3, 0.4) is 0 Å². The van der Waals surface area contributed by atoms with Crippen LogP contribution in [0.25, 0.3) is 0 Å². The van der Waals surface area contributed by atoms with Gasteiger partial charge in [0.25, 0.3) is 0 Å². The number of ether oxygens (including phenoxy) is 5. The van der Waals surface area contributed by atoms with Crippen LogP contribution in [-0.2, 0) is 23.7 Å². The van der Waals surface area contributed by atoms with Gasteiger partial charge in [0, 0.05) is 19.0 Å². The standard InChI is InChI=1S/C12H23BrO5/c1-14-3-5-16-6-8-17-11-9-10(13)12(11)18-7-4-15-2/h10-12H,3-9H2,1-2H3. The molecule has 6 heteroatoms. The minimum absolute atomic E-state index is 0.124. The molecule has 5 nitrogen and oxygen atoms in total. The van der Waals surface area contributed by atoms with Crippen LogP contribution in [0.5, 0.6) is 0 Å². The normalized spacial score (nSPS) is 27.2. The molecule has 0 aromatic heterocycles. The average Bonchev–Trinajstić information content (AvgIpc) is 2.37. The molecule has 0 aromatic rings. The van der Waals surface area contributed by atoms with Gasteiger partial charge in [0.1, 0.15) is 0 Å². The van der Waals surface area contributed by atoms with Gasteiger partial charge in [0.2, 0.25) is 0 Å².